The van der Waals surface area contributed by atoms with Gasteiger partial charge in [0.1, 0.15) is 17.1 Å². The minimum Gasteiger partial charge on any atom is -0.443 e. The fourth-order valence-corrected chi connectivity index (χ4v) is 4.70. The van der Waals surface area contributed by atoms with E-state index in [1.807, 2.05) is 76.2 Å². The molecule has 0 saturated carbocycles. The number of ether oxygens (including phenoxy) is 1. The van der Waals surface area contributed by atoms with Gasteiger partial charge in [-0.2, -0.15) is 0 Å². The maximum atomic E-state index is 13.0. The number of carbonyl (C=O) groups excluding carboxylic acids is 2. The van der Waals surface area contributed by atoms with E-state index in [0.29, 0.717) is 24.5 Å². The van der Waals surface area contributed by atoms with Crippen LogP contribution in [0.25, 0.3) is 11.0 Å². The number of nitrogens with zero attached hydrogens (tertiary/aromatic N) is 3. The number of carbonyl (C=O) groups is 2. The van der Waals surface area contributed by atoms with E-state index >= 15 is 0 Å². The van der Waals surface area contributed by atoms with Crippen LogP contribution in [0.1, 0.15) is 66.1 Å². The first kappa shape index (κ1) is 25.6. The van der Waals surface area contributed by atoms with Gasteiger partial charge in [-0.25, -0.2) is 19.3 Å². The maximum absolute atomic E-state index is 13.0. The van der Waals surface area contributed by atoms with Crippen LogP contribution in [0.4, 0.5) is 4.79 Å². The number of aromatic nitrogens is 3. The molecule has 0 aliphatic heterocycles. The Morgan fingerprint density at radius 3 is 2.53 bits per heavy atom. The molecule has 0 unspecified atom stereocenters. The van der Waals surface area contributed by atoms with Gasteiger partial charge in [-0.3, -0.25) is 4.79 Å². The summed E-state index contributed by atoms with van der Waals surface area (Å²) in [7, 11) is 0. The second-order valence-corrected chi connectivity index (χ2v) is 10.8. The molecule has 0 radical (unpaired) electrons. The van der Waals surface area contributed by atoms with Crippen molar-refractivity contribution in [2.24, 2.45) is 0 Å². The van der Waals surface area contributed by atoms with E-state index in [-0.39, 0.29) is 5.91 Å². The lowest BCUT2D eigenvalue weighted by molar-refractivity contribution is 0.0538. The smallest absolute Gasteiger partial charge is 0.420 e. The van der Waals surface area contributed by atoms with Crippen LogP contribution in [-0.4, -0.2) is 32.1 Å². The van der Waals surface area contributed by atoms with Crippen LogP contribution in [0.5, 0.6) is 0 Å². The van der Waals surface area contributed by atoms with Gasteiger partial charge in [0, 0.05) is 18.3 Å². The molecule has 0 bridgehead atoms. The highest BCUT2D eigenvalue weighted by Gasteiger charge is 2.23. The van der Waals surface area contributed by atoms with Crippen molar-refractivity contribution < 1.29 is 14.3 Å². The summed E-state index contributed by atoms with van der Waals surface area (Å²) in [5.41, 5.74) is 3.56. The third-order valence-corrected chi connectivity index (χ3v) is 6.49. The first-order valence-electron chi connectivity index (χ1n) is 12.2. The van der Waals surface area contributed by atoms with E-state index < -0.39 is 11.7 Å². The van der Waals surface area contributed by atoms with Gasteiger partial charge in [-0.15, -0.1) is 11.3 Å². The average Bonchev–Trinajstić information content (AvgIpc) is 3.44. The van der Waals surface area contributed by atoms with Crippen LogP contribution >= 0.6 is 11.3 Å². The van der Waals surface area contributed by atoms with Crippen molar-refractivity contribution in [1.29, 1.82) is 0 Å². The van der Waals surface area contributed by atoms with Gasteiger partial charge in [0.2, 0.25) is 0 Å². The van der Waals surface area contributed by atoms with Crippen LogP contribution < -0.4 is 5.32 Å². The number of hydrogen-bond acceptors (Lipinski definition) is 6. The summed E-state index contributed by atoms with van der Waals surface area (Å²) in [4.78, 5) is 34.6. The van der Waals surface area contributed by atoms with Crippen molar-refractivity contribution >= 4 is 34.4 Å². The van der Waals surface area contributed by atoms with E-state index in [2.05, 4.69) is 10.3 Å². The number of imidazole rings is 1. The highest BCUT2D eigenvalue weighted by Crippen LogP contribution is 2.22. The molecule has 0 fully saturated rings. The van der Waals surface area contributed by atoms with Crippen LogP contribution in [0.15, 0.2) is 53.9 Å². The number of benzene rings is 2. The average molecular weight is 505 g/mol. The molecule has 0 atom stereocenters. The molecule has 2 heterocycles. The van der Waals surface area contributed by atoms with Crippen LogP contribution in [0.2, 0.25) is 0 Å². The summed E-state index contributed by atoms with van der Waals surface area (Å²) in [6.45, 7) is 8.06. The normalized spacial score (nSPS) is 11.6. The quantitative estimate of drug-likeness (QED) is 0.294. The Bertz CT molecular complexity index is 1350. The molecule has 0 aliphatic rings. The Morgan fingerprint density at radius 1 is 1.03 bits per heavy atom. The molecule has 4 rings (SSSR count). The third-order valence-electron chi connectivity index (χ3n) is 5.58. The molecular weight excluding hydrogens is 472 g/mol. The third kappa shape index (κ3) is 6.57. The lowest BCUT2D eigenvalue weighted by atomic mass is 10.2. The highest BCUT2D eigenvalue weighted by molar-refractivity contribution is 7.09. The van der Waals surface area contributed by atoms with E-state index in [4.69, 9.17) is 9.72 Å². The van der Waals surface area contributed by atoms with Gasteiger partial charge >= 0.3 is 6.09 Å². The lowest BCUT2D eigenvalue weighted by Gasteiger charge is -2.20. The van der Waals surface area contributed by atoms with Gasteiger partial charge in [0.15, 0.2) is 0 Å². The maximum Gasteiger partial charge on any atom is 0.420 e. The van der Waals surface area contributed by atoms with E-state index in [9.17, 15) is 9.59 Å². The number of amides is 1. The number of hydrogen-bond donors (Lipinski definition) is 1. The van der Waals surface area contributed by atoms with Gasteiger partial charge in [-0.05, 0) is 70.2 Å². The largest absolute Gasteiger partial charge is 0.443 e. The number of unbranched alkanes of at least 4 members (excludes halogenated alkanes) is 1. The molecule has 8 heteroatoms. The first-order valence-corrected chi connectivity index (χ1v) is 13.1. The summed E-state index contributed by atoms with van der Waals surface area (Å²) in [5.74, 6) is 0.535. The van der Waals surface area contributed by atoms with Crippen molar-refractivity contribution in [3.05, 3.63) is 81.6 Å². The van der Waals surface area contributed by atoms with E-state index in [1.54, 1.807) is 9.95 Å². The molecule has 2 aromatic heterocycles. The number of fused-ring (bicyclic) bond motifs is 1. The molecule has 1 N–H and O–H groups in total. The summed E-state index contributed by atoms with van der Waals surface area (Å²) in [6, 6.07) is 15.7. The van der Waals surface area contributed by atoms with Gasteiger partial charge in [0.25, 0.3) is 5.91 Å². The Hall–Kier alpha value is -3.52. The van der Waals surface area contributed by atoms with Crippen molar-refractivity contribution in [2.75, 3.05) is 0 Å². The monoisotopic (exact) mass is 504 g/mol. The van der Waals surface area contributed by atoms with Crippen molar-refractivity contribution in [2.45, 2.75) is 65.5 Å². The highest BCUT2D eigenvalue weighted by atomic mass is 32.1. The van der Waals surface area contributed by atoms with Crippen LogP contribution in [0, 0.1) is 6.92 Å². The van der Waals surface area contributed by atoms with Crippen molar-refractivity contribution in [3.8, 4) is 0 Å². The predicted octanol–water partition coefficient (Wildman–Crippen LogP) is 6.08. The Balaban J connectivity index is 1.35. The summed E-state index contributed by atoms with van der Waals surface area (Å²) < 4.78 is 7.24. The SMILES string of the molecule is Cc1ccc2c(c1)nc(CCCCc1nc(C(=O)NCc3ccccc3)cs1)n2C(=O)OC(C)(C)C. The number of nitrogens with one attached hydrogen (secondary N) is 1. The summed E-state index contributed by atoms with van der Waals surface area (Å²) >= 11 is 1.50. The summed E-state index contributed by atoms with van der Waals surface area (Å²) in [5, 5.41) is 5.65. The van der Waals surface area contributed by atoms with Crippen LogP contribution in [0.3, 0.4) is 0 Å². The molecule has 36 heavy (non-hydrogen) atoms. The van der Waals surface area contributed by atoms with Gasteiger partial charge < -0.3 is 10.1 Å². The van der Waals surface area contributed by atoms with Crippen LogP contribution in [-0.2, 0) is 24.1 Å². The molecular formula is C28H32N4O3S. The lowest BCUT2D eigenvalue weighted by Crippen LogP contribution is -2.28. The molecule has 0 aliphatic carbocycles. The van der Waals surface area contributed by atoms with Crippen molar-refractivity contribution in [3.63, 3.8) is 0 Å². The number of thiazole rings is 1. The molecule has 0 saturated heterocycles. The second-order valence-electron chi connectivity index (χ2n) is 9.84. The zero-order valence-electron chi connectivity index (χ0n) is 21.2. The Kier molecular flexibility index (Phi) is 7.84. The minimum atomic E-state index is -0.592. The fraction of sp³-hybridized carbons (Fsp3) is 0.357. The number of rotatable bonds is 8. The first-order chi connectivity index (χ1) is 17.2. The zero-order valence-corrected chi connectivity index (χ0v) is 22.0. The molecule has 7 nitrogen and oxygen atoms in total. The molecule has 0 spiro atoms. The zero-order chi connectivity index (χ0) is 25.7. The molecule has 2 aromatic carbocycles. The van der Waals surface area contributed by atoms with Gasteiger partial charge in [-0.1, -0.05) is 36.4 Å². The number of aryl methyl sites for hydroxylation is 3. The second kappa shape index (κ2) is 11.0. The molecule has 188 valence electrons. The predicted molar refractivity (Wildman–Crippen MR) is 142 cm³/mol. The Morgan fingerprint density at radius 2 is 1.78 bits per heavy atom. The van der Waals surface area contributed by atoms with Gasteiger partial charge in [0.05, 0.1) is 16.0 Å². The van der Waals surface area contributed by atoms with E-state index in [1.165, 1.54) is 11.3 Å². The summed E-state index contributed by atoms with van der Waals surface area (Å²) in [6.07, 6.45) is 2.70. The Labute approximate surface area is 215 Å². The van der Waals surface area contributed by atoms with E-state index in [0.717, 1.165) is 46.4 Å². The molecule has 4 aromatic rings. The van der Waals surface area contributed by atoms with Crippen molar-refractivity contribution in [1.82, 2.24) is 19.9 Å². The molecule has 1 amide bonds. The standard InChI is InChI=1S/C28H32N4O3S/c1-19-14-15-23-21(16-19)30-24(32(23)27(34)35-28(2,3)4)12-8-9-13-25-31-22(18-36-25)26(33)29-17-20-10-6-5-7-11-20/h5-7,10-11,14-16,18H,8-9,12-13,17H2,1-4H3,(H,29,33). The topological polar surface area (TPSA) is 86.1 Å². The fourth-order valence-electron chi connectivity index (χ4n) is 3.88. The minimum absolute atomic E-state index is 0.164.